The normalized spacial score (nSPS) is 10.8. The van der Waals surface area contributed by atoms with Crippen LogP contribution in [0.3, 0.4) is 0 Å². The van der Waals surface area contributed by atoms with E-state index in [1.165, 1.54) is 0 Å². The zero-order valence-corrected chi connectivity index (χ0v) is 12.2. The van der Waals surface area contributed by atoms with Crippen molar-refractivity contribution in [3.05, 3.63) is 75.6 Å². The van der Waals surface area contributed by atoms with Gasteiger partial charge in [0.15, 0.2) is 0 Å². The Morgan fingerprint density at radius 1 is 1.00 bits per heavy atom. The van der Waals surface area contributed by atoms with Crippen molar-refractivity contribution in [3.63, 3.8) is 0 Å². The minimum atomic E-state index is -0.898. The molecule has 0 aliphatic heterocycles. The van der Waals surface area contributed by atoms with Crippen molar-refractivity contribution in [3.8, 4) is 5.75 Å². The molecule has 3 rings (SSSR count). The Hall–Kier alpha value is -3.08. The molecule has 3 aromatic rings. The number of rotatable bonds is 4. The summed E-state index contributed by atoms with van der Waals surface area (Å²) in [6, 6.07) is 13.7. The Labute approximate surface area is 131 Å². The van der Waals surface area contributed by atoms with Crippen LogP contribution in [0.5, 0.6) is 5.75 Å². The van der Waals surface area contributed by atoms with Crippen molar-refractivity contribution in [2.24, 2.45) is 0 Å². The maximum atomic E-state index is 12.1. The molecule has 0 aliphatic rings. The second-order valence-corrected chi connectivity index (χ2v) is 5.28. The minimum absolute atomic E-state index is 0.0519. The number of aromatic hydroxyl groups is 1. The van der Waals surface area contributed by atoms with E-state index in [2.05, 4.69) is 0 Å². The average molecular weight is 310 g/mol. The van der Waals surface area contributed by atoms with E-state index in [9.17, 15) is 14.7 Å². The zero-order valence-electron chi connectivity index (χ0n) is 12.2. The standard InChI is InChI=1S/C18H14O5/c19-16(20)10-12-7-5-11(6-8-12)9-14-17(21)13-3-1-2-4-15(13)23-18(14)22/h1-8,21H,9-10H2,(H,19,20). The molecule has 0 atom stereocenters. The van der Waals surface area contributed by atoms with Crippen molar-refractivity contribution in [2.45, 2.75) is 12.8 Å². The Balaban J connectivity index is 1.95. The van der Waals surface area contributed by atoms with Crippen molar-refractivity contribution in [1.29, 1.82) is 0 Å². The first kappa shape index (κ1) is 14.8. The third kappa shape index (κ3) is 3.08. The molecular weight excluding hydrogens is 296 g/mol. The molecule has 0 bridgehead atoms. The van der Waals surface area contributed by atoms with Crippen LogP contribution in [0.1, 0.15) is 16.7 Å². The zero-order chi connectivity index (χ0) is 16.4. The lowest BCUT2D eigenvalue weighted by Gasteiger charge is -2.07. The summed E-state index contributed by atoms with van der Waals surface area (Å²) in [5.41, 5.74) is 1.43. The lowest BCUT2D eigenvalue weighted by atomic mass is 10.0. The number of hydrogen-bond donors (Lipinski definition) is 2. The van der Waals surface area contributed by atoms with Gasteiger partial charge in [0.1, 0.15) is 11.3 Å². The first-order chi connectivity index (χ1) is 11.0. The van der Waals surface area contributed by atoms with Crippen LogP contribution in [-0.2, 0) is 17.6 Å². The van der Waals surface area contributed by atoms with Crippen molar-refractivity contribution >= 4 is 16.9 Å². The first-order valence-corrected chi connectivity index (χ1v) is 7.08. The van der Waals surface area contributed by atoms with Gasteiger partial charge in [-0.25, -0.2) is 4.79 Å². The van der Waals surface area contributed by atoms with Gasteiger partial charge in [-0.2, -0.15) is 0 Å². The van der Waals surface area contributed by atoms with E-state index >= 15 is 0 Å². The van der Waals surface area contributed by atoms with E-state index in [1.54, 1.807) is 48.5 Å². The monoisotopic (exact) mass is 310 g/mol. The number of carbonyl (C=O) groups is 1. The lowest BCUT2D eigenvalue weighted by Crippen LogP contribution is -2.08. The van der Waals surface area contributed by atoms with Gasteiger partial charge in [-0.1, -0.05) is 36.4 Å². The van der Waals surface area contributed by atoms with Crippen LogP contribution in [-0.4, -0.2) is 16.2 Å². The minimum Gasteiger partial charge on any atom is -0.507 e. The van der Waals surface area contributed by atoms with Gasteiger partial charge in [0.25, 0.3) is 0 Å². The molecule has 1 heterocycles. The van der Waals surface area contributed by atoms with Crippen molar-refractivity contribution in [2.75, 3.05) is 0 Å². The molecule has 116 valence electrons. The molecule has 0 aliphatic carbocycles. The van der Waals surface area contributed by atoms with Gasteiger partial charge in [-0.3, -0.25) is 4.79 Å². The van der Waals surface area contributed by atoms with Crippen LogP contribution in [0.2, 0.25) is 0 Å². The molecule has 0 radical (unpaired) electrons. The number of fused-ring (bicyclic) bond motifs is 1. The molecule has 0 spiro atoms. The summed E-state index contributed by atoms with van der Waals surface area (Å²) >= 11 is 0. The quantitative estimate of drug-likeness (QED) is 0.723. The van der Waals surface area contributed by atoms with E-state index in [0.717, 1.165) is 5.56 Å². The van der Waals surface area contributed by atoms with E-state index in [4.69, 9.17) is 9.52 Å². The summed E-state index contributed by atoms with van der Waals surface area (Å²) < 4.78 is 5.23. The van der Waals surface area contributed by atoms with Gasteiger partial charge in [0.05, 0.1) is 17.4 Å². The van der Waals surface area contributed by atoms with Gasteiger partial charge in [0.2, 0.25) is 0 Å². The second-order valence-electron chi connectivity index (χ2n) is 5.28. The highest BCUT2D eigenvalue weighted by Gasteiger charge is 2.14. The molecular formula is C18H14O5. The van der Waals surface area contributed by atoms with E-state index in [0.29, 0.717) is 16.5 Å². The number of carboxylic acid groups (broad SMARTS) is 1. The van der Waals surface area contributed by atoms with Gasteiger partial charge in [-0.05, 0) is 23.3 Å². The number of aliphatic carboxylic acids is 1. The fourth-order valence-corrected chi connectivity index (χ4v) is 2.48. The van der Waals surface area contributed by atoms with Crippen LogP contribution < -0.4 is 5.63 Å². The summed E-state index contributed by atoms with van der Waals surface area (Å²) in [4.78, 5) is 22.7. The summed E-state index contributed by atoms with van der Waals surface area (Å²) in [7, 11) is 0. The Kier molecular flexibility index (Phi) is 3.85. The van der Waals surface area contributed by atoms with Crippen LogP contribution in [0, 0.1) is 0 Å². The second kappa shape index (κ2) is 5.96. The Morgan fingerprint density at radius 2 is 1.65 bits per heavy atom. The molecule has 23 heavy (non-hydrogen) atoms. The smallest absolute Gasteiger partial charge is 0.343 e. The topological polar surface area (TPSA) is 87.7 Å². The molecule has 2 N–H and O–H groups in total. The molecule has 0 amide bonds. The van der Waals surface area contributed by atoms with E-state index in [1.807, 2.05) is 0 Å². The van der Waals surface area contributed by atoms with Gasteiger partial charge in [0, 0.05) is 6.42 Å². The molecule has 0 saturated carbocycles. The molecule has 0 fully saturated rings. The summed E-state index contributed by atoms with van der Waals surface area (Å²) in [6.45, 7) is 0. The van der Waals surface area contributed by atoms with Crippen molar-refractivity contribution in [1.82, 2.24) is 0 Å². The van der Waals surface area contributed by atoms with Crippen LogP contribution in [0.25, 0.3) is 11.0 Å². The molecule has 2 aromatic carbocycles. The first-order valence-electron chi connectivity index (χ1n) is 7.08. The summed E-state index contributed by atoms with van der Waals surface area (Å²) in [5.74, 6) is -0.975. The third-order valence-electron chi connectivity index (χ3n) is 3.64. The number of benzene rings is 2. The summed E-state index contributed by atoms with van der Waals surface area (Å²) in [5, 5.41) is 19.6. The van der Waals surface area contributed by atoms with Crippen LogP contribution in [0.15, 0.2) is 57.7 Å². The van der Waals surface area contributed by atoms with Gasteiger partial charge < -0.3 is 14.6 Å². The fourth-order valence-electron chi connectivity index (χ4n) is 2.48. The maximum absolute atomic E-state index is 12.1. The highest BCUT2D eigenvalue weighted by molar-refractivity contribution is 5.84. The van der Waals surface area contributed by atoms with Gasteiger partial charge >= 0.3 is 11.6 Å². The third-order valence-corrected chi connectivity index (χ3v) is 3.64. The van der Waals surface area contributed by atoms with Crippen molar-refractivity contribution < 1.29 is 19.4 Å². The molecule has 0 saturated heterocycles. The summed E-state index contributed by atoms with van der Waals surface area (Å²) in [6.07, 6.45) is 0.163. The fraction of sp³-hybridized carbons (Fsp3) is 0.111. The Bertz CT molecular complexity index is 922. The number of carboxylic acids is 1. The van der Waals surface area contributed by atoms with E-state index in [-0.39, 0.29) is 24.2 Å². The molecule has 0 unspecified atom stereocenters. The van der Waals surface area contributed by atoms with Crippen LogP contribution in [0.4, 0.5) is 0 Å². The largest absolute Gasteiger partial charge is 0.507 e. The van der Waals surface area contributed by atoms with E-state index < -0.39 is 11.6 Å². The SMILES string of the molecule is O=C(O)Cc1ccc(Cc2c(O)c3ccccc3oc2=O)cc1. The predicted octanol–water partition coefficient (Wildman–Crippen LogP) is 2.72. The molecule has 5 heteroatoms. The average Bonchev–Trinajstić information content (AvgIpc) is 2.52. The van der Waals surface area contributed by atoms with Crippen LogP contribution >= 0.6 is 0 Å². The highest BCUT2D eigenvalue weighted by atomic mass is 16.4. The molecule has 1 aromatic heterocycles. The molecule has 5 nitrogen and oxygen atoms in total. The highest BCUT2D eigenvalue weighted by Crippen LogP contribution is 2.27. The predicted molar refractivity (Wildman–Crippen MR) is 84.7 cm³/mol. The van der Waals surface area contributed by atoms with Gasteiger partial charge in [-0.15, -0.1) is 0 Å². The maximum Gasteiger partial charge on any atom is 0.343 e. The lowest BCUT2D eigenvalue weighted by molar-refractivity contribution is -0.136. The number of para-hydroxylation sites is 1. The number of hydrogen-bond acceptors (Lipinski definition) is 4. The Morgan fingerprint density at radius 3 is 2.35 bits per heavy atom.